The molecule has 1 fully saturated rings. The van der Waals surface area contributed by atoms with Gasteiger partial charge in [0.1, 0.15) is 0 Å². The summed E-state index contributed by atoms with van der Waals surface area (Å²) in [6, 6.07) is 5.52. The number of benzene rings is 1. The van der Waals surface area contributed by atoms with Crippen molar-refractivity contribution < 1.29 is 27.6 Å². The van der Waals surface area contributed by atoms with Crippen LogP contribution < -0.4 is 5.32 Å². The largest absolute Gasteiger partial charge is 0.452 e. The zero-order valence-electron chi connectivity index (χ0n) is 16.3. The molecule has 1 saturated carbocycles. The maximum absolute atomic E-state index is 12.3. The molecule has 1 N–H and O–H groups in total. The van der Waals surface area contributed by atoms with E-state index in [0.717, 1.165) is 25.7 Å². The first-order chi connectivity index (χ1) is 13.3. The topological polar surface area (TPSA) is 102 Å². The van der Waals surface area contributed by atoms with Gasteiger partial charge in [-0.25, -0.2) is 13.2 Å². The molecule has 1 aromatic rings. The molecule has 0 bridgehead atoms. The van der Waals surface area contributed by atoms with Crippen LogP contribution in [-0.4, -0.2) is 51.6 Å². The molecule has 9 heteroatoms. The highest BCUT2D eigenvalue weighted by molar-refractivity contribution is 7.89. The molecule has 1 aromatic carbocycles. The second-order valence-electron chi connectivity index (χ2n) is 6.81. The van der Waals surface area contributed by atoms with Crippen molar-refractivity contribution in [1.29, 1.82) is 0 Å². The van der Waals surface area contributed by atoms with Gasteiger partial charge in [0.2, 0.25) is 0 Å². The third-order valence-corrected chi connectivity index (χ3v) is 6.44. The van der Waals surface area contributed by atoms with E-state index >= 15 is 0 Å². The number of esters is 1. The summed E-state index contributed by atoms with van der Waals surface area (Å²) >= 11 is 0. The van der Waals surface area contributed by atoms with Gasteiger partial charge in [-0.3, -0.25) is 9.63 Å². The highest BCUT2D eigenvalue weighted by atomic mass is 32.2. The monoisotopic (exact) mass is 412 g/mol. The standard InChI is InChI=1S/C19H28N2O6S/c1-21(26-2)28(24,25)17-12-8-9-15(13-17)19(23)27-14-18(22)20-16-10-6-4-3-5-7-11-16/h8-9,12-13,16H,3-7,10-11,14H2,1-2H3,(H,20,22). The number of carbonyl (C=O) groups excluding carboxylic acids is 2. The number of hydrogen-bond donors (Lipinski definition) is 1. The van der Waals surface area contributed by atoms with Gasteiger partial charge in [-0.1, -0.05) is 42.6 Å². The fraction of sp³-hybridized carbons (Fsp3) is 0.579. The average Bonchev–Trinajstić information content (AvgIpc) is 2.67. The molecule has 1 aliphatic rings. The van der Waals surface area contributed by atoms with Gasteiger partial charge in [-0.15, -0.1) is 0 Å². The van der Waals surface area contributed by atoms with E-state index in [2.05, 4.69) is 5.32 Å². The molecule has 0 atom stereocenters. The first-order valence-electron chi connectivity index (χ1n) is 9.44. The number of nitrogens with one attached hydrogen (secondary N) is 1. The third-order valence-electron chi connectivity index (χ3n) is 4.77. The molecule has 8 nitrogen and oxygen atoms in total. The molecule has 1 amide bonds. The number of hydrogen-bond acceptors (Lipinski definition) is 6. The second kappa shape index (κ2) is 10.5. The van der Waals surface area contributed by atoms with Crippen LogP contribution in [0.1, 0.15) is 55.3 Å². The Labute approximate surface area is 166 Å². The summed E-state index contributed by atoms with van der Waals surface area (Å²) in [6.07, 6.45) is 7.65. The lowest BCUT2D eigenvalue weighted by Gasteiger charge is -2.20. The molecule has 2 rings (SSSR count). The maximum atomic E-state index is 12.3. The van der Waals surface area contributed by atoms with Crippen LogP contribution in [-0.2, 0) is 24.4 Å². The minimum Gasteiger partial charge on any atom is -0.452 e. The highest BCUT2D eigenvalue weighted by Crippen LogP contribution is 2.18. The molecular formula is C19H28N2O6S. The van der Waals surface area contributed by atoms with Gasteiger partial charge in [0.15, 0.2) is 6.61 Å². The van der Waals surface area contributed by atoms with Gasteiger partial charge < -0.3 is 10.1 Å². The summed E-state index contributed by atoms with van der Waals surface area (Å²) in [5.74, 6) is -1.10. The summed E-state index contributed by atoms with van der Waals surface area (Å²) < 4.78 is 30.3. The molecular weight excluding hydrogens is 384 g/mol. The lowest BCUT2D eigenvalue weighted by molar-refractivity contribution is -0.125. The fourth-order valence-corrected chi connectivity index (χ4v) is 4.13. The molecule has 156 valence electrons. The zero-order chi connectivity index (χ0) is 20.6. The first kappa shape index (κ1) is 22.3. The van der Waals surface area contributed by atoms with Crippen molar-refractivity contribution >= 4 is 21.9 Å². The predicted octanol–water partition coefficient (Wildman–Crippen LogP) is 2.25. The summed E-state index contributed by atoms with van der Waals surface area (Å²) in [5, 5.41) is 2.92. The normalized spacial score (nSPS) is 16.2. The average molecular weight is 413 g/mol. The molecule has 0 spiro atoms. The van der Waals surface area contributed by atoms with Crippen LogP contribution >= 0.6 is 0 Å². The van der Waals surface area contributed by atoms with Crippen LogP contribution in [0.5, 0.6) is 0 Å². The number of sulfonamides is 1. The Bertz CT molecular complexity index is 772. The van der Waals surface area contributed by atoms with Crippen LogP contribution in [0.3, 0.4) is 0 Å². The summed E-state index contributed by atoms with van der Waals surface area (Å²) in [4.78, 5) is 28.9. The molecule has 1 aliphatic carbocycles. The summed E-state index contributed by atoms with van der Waals surface area (Å²) in [7, 11) is -1.40. The van der Waals surface area contributed by atoms with Crippen LogP contribution in [0.25, 0.3) is 0 Å². The predicted molar refractivity (Wildman–Crippen MR) is 103 cm³/mol. The van der Waals surface area contributed by atoms with E-state index in [1.165, 1.54) is 57.7 Å². The Hall–Kier alpha value is -1.97. The van der Waals surface area contributed by atoms with Crippen molar-refractivity contribution in [2.45, 2.75) is 55.9 Å². The van der Waals surface area contributed by atoms with Gasteiger partial charge in [-0.05, 0) is 31.0 Å². The minimum absolute atomic E-state index is 0.0457. The number of carbonyl (C=O) groups is 2. The quantitative estimate of drug-likeness (QED) is 0.544. The van der Waals surface area contributed by atoms with Gasteiger partial charge in [0.25, 0.3) is 15.9 Å². The molecule has 0 unspecified atom stereocenters. The van der Waals surface area contributed by atoms with Crippen molar-refractivity contribution in [3.05, 3.63) is 29.8 Å². The summed E-state index contributed by atoms with van der Waals surface area (Å²) in [5.41, 5.74) is 0.0457. The second-order valence-corrected chi connectivity index (χ2v) is 8.75. The Morgan fingerprint density at radius 2 is 1.79 bits per heavy atom. The van der Waals surface area contributed by atoms with Gasteiger partial charge in [-0.2, -0.15) is 0 Å². The van der Waals surface area contributed by atoms with Gasteiger partial charge in [0, 0.05) is 13.1 Å². The third kappa shape index (κ3) is 6.29. The molecule has 28 heavy (non-hydrogen) atoms. The van der Waals surface area contributed by atoms with E-state index in [-0.39, 0.29) is 22.4 Å². The van der Waals surface area contributed by atoms with E-state index in [9.17, 15) is 18.0 Å². The van der Waals surface area contributed by atoms with Crippen LogP contribution in [0, 0.1) is 0 Å². The Balaban J connectivity index is 1.92. The van der Waals surface area contributed by atoms with Crippen molar-refractivity contribution in [3.8, 4) is 0 Å². The smallest absolute Gasteiger partial charge is 0.338 e. The number of nitrogens with zero attached hydrogens (tertiary/aromatic N) is 1. The Morgan fingerprint density at radius 3 is 2.43 bits per heavy atom. The van der Waals surface area contributed by atoms with Gasteiger partial charge in [0.05, 0.1) is 17.6 Å². The number of hydroxylamine groups is 1. The Morgan fingerprint density at radius 1 is 1.14 bits per heavy atom. The van der Waals surface area contributed by atoms with Crippen LogP contribution in [0.4, 0.5) is 0 Å². The molecule has 0 aromatic heterocycles. The zero-order valence-corrected chi connectivity index (χ0v) is 17.2. The van der Waals surface area contributed by atoms with E-state index in [4.69, 9.17) is 9.57 Å². The Kier molecular flexibility index (Phi) is 8.40. The lowest BCUT2D eigenvalue weighted by Crippen LogP contribution is -2.38. The van der Waals surface area contributed by atoms with Crippen molar-refractivity contribution in [2.24, 2.45) is 0 Å². The van der Waals surface area contributed by atoms with Gasteiger partial charge >= 0.3 is 5.97 Å². The van der Waals surface area contributed by atoms with Crippen molar-refractivity contribution in [3.63, 3.8) is 0 Å². The van der Waals surface area contributed by atoms with E-state index in [0.29, 0.717) is 4.47 Å². The fourth-order valence-electron chi connectivity index (χ4n) is 3.11. The van der Waals surface area contributed by atoms with Crippen molar-refractivity contribution in [2.75, 3.05) is 20.8 Å². The summed E-state index contributed by atoms with van der Waals surface area (Å²) in [6.45, 7) is -0.399. The maximum Gasteiger partial charge on any atom is 0.338 e. The number of amides is 1. The number of ether oxygens (including phenoxy) is 1. The van der Waals surface area contributed by atoms with Crippen molar-refractivity contribution in [1.82, 2.24) is 9.79 Å². The van der Waals surface area contributed by atoms with Crippen LogP contribution in [0.15, 0.2) is 29.2 Å². The molecule has 0 radical (unpaired) electrons. The molecule has 0 saturated heterocycles. The highest BCUT2D eigenvalue weighted by Gasteiger charge is 2.22. The first-order valence-corrected chi connectivity index (χ1v) is 10.9. The SMILES string of the molecule is CON(C)S(=O)(=O)c1cccc(C(=O)OCC(=O)NC2CCCCCCC2)c1. The minimum atomic E-state index is -3.88. The number of rotatable bonds is 7. The molecule has 0 heterocycles. The van der Waals surface area contributed by atoms with E-state index in [1.54, 1.807) is 0 Å². The van der Waals surface area contributed by atoms with Crippen LogP contribution in [0.2, 0.25) is 0 Å². The molecule has 0 aliphatic heterocycles. The van der Waals surface area contributed by atoms with E-state index in [1.807, 2.05) is 0 Å². The van der Waals surface area contributed by atoms with E-state index < -0.39 is 22.6 Å². The lowest BCUT2D eigenvalue weighted by atomic mass is 9.97.